The molecule has 2 rings (SSSR count). The lowest BCUT2D eigenvalue weighted by Gasteiger charge is -2.04. The Morgan fingerprint density at radius 1 is 0.846 bits per heavy atom. The second kappa shape index (κ2) is 13.8. The van der Waals surface area contributed by atoms with Gasteiger partial charge in [0.05, 0.1) is 0 Å². The molecule has 0 amide bonds. The van der Waals surface area contributed by atoms with Crippen molar-refractivity contribution >= 4 is 12.4 Å². The van der Waals surface area contributed by atoms with Crippen LogP contribution in [0.2, 0.25) is 0 Å². The molecule has 0 aliphatic rings. The first-order valence-corrected chi connectivity index (χ1v) is 10.1. The lowest BCUT2D eigenvalue weighted by Crippen LogP contribution is -2.00. The van der Waals surface area contributed by atoms with E-state index in [1.807, 2.05) is 0 Å². The molecule has 4 heteroatoms. The molecule has 1 aromatic heterocycles. The van der Waals surface area contributed by atoms with E-state index in [0.29, 0.717) is 6.54 Å². The molecule has 26 heavy (non-hydrogen) atoms. The van der Waals surface area contributed by atoms with Crippen LogP contribution in [-0.2, 0) is 12.8 Å². The first kappa shape index (κ1) is 22.7. The first-order valence-electron chi connectivity index (χ1n) is 10.1. The zero-order valence-corrected chi connectivity index (χ0v) is 17.0. The van der Waals surface area contributed by atoms with Crippen molar-refractivity contribution in [1.82, 2.24) is 4.98 Å². The maximum atomic E-state index is 5.53. The number of nitrogens with two attached hydrogens (primary N) is 1. The van der Waals surface area contributed by atoms with Crippen LogP contribution < -0.4 is 5.73 Å². The van der Waals surface area contributed by atoms with E-state index in [0.717, 1.165) is 30.0 Å². The van der Waals surface area contributed by atoms with Crippen LogP contribution in [0.1, 0.15) is 76.2 Å². The molecular weight excluding hydrogens is 344 g/mol. The van der Waals surface area contributed by atoms with Gasteiger partial charge in [-0.15, -0.1) is 12.4 Å². The highest BCUT2D eigenvalue weighted by molar-refractivity contribution is 5.85. The van der Waals surface area contributed by atoms with Crippen LogP contribution in [0.25, 0.3) is 11.3 Å². The molecule has 3 nitrogen and oxygen atoms in total. The van der Waals surface area contributed by atoms with E-state index in [-0.39, 0.29) is 12.4 Å². The average Bonchev–Trinajstić information content (AvgIpc) is 3.11. The van der Waals surface area contributed by atoms with Gasteiger partial charge >= 0.3 is 0 Å². The summed E-state index contributed by atoms with van der Waals surface area (Å²) >= 11 is 0. The Morgan fingerprint density at radius 2 is 1.50 bits per heavy atom. The highest BCUT2D eigenvalue weighted by Gasteiger charge is 2.06. The van der Waals surface area contributed by atoms with E-state index in [1.54, 1.807) is 6.26 Å². The van der Waals surface area contributed by atoms with Crippen LogP contribution in [0, 0.1) is 0 Å². The Labute approximate surface area is 165 Å². The number of hydrogen-bond acceptors (Lipinski definition) is 3. The van der Waals surface area contributed by atoms with Gasteiger partial charge in [0, 0.05) is 12.0 Å². The SMILES string of the molecule is CCCCCCCCCCc1ccc(-c2coc(CCCN)n2)cc1.Cl. The number of aryl methyl sites for hydroxylation is 2. The maximum Gasteiger partial charge on any atom is 0.194 e. The van der Waals surface area contributed by atoms with Gasteiger partial charge in [-0.05, 0) is 31.4 Å². The molecular formula is C22H35ClN2O. The number of halogens is 1. The third kappa shape index (κ3) is 8.37. The molecule has 0 spiro atoms. The number of aromatic nitrogens is 1. The van der Waals surface area contributed by atoms with Crippen molar-refractivity contribution in [3.63, 3.8) is 0 Å². The lowest BCUT2D eigenvalue weighted by molar-refractivity contribution is 0.488. The molecule has 0 fully saturated rings. The number of oxazole rings is 1. The number of hydrogen-bond donors (Lipinski definition) is 1. The first-order chi connectivity index (χ1) is 12.3. The summed E-state index contributed by atoms with van der Waals surface area (Å²) in [6.45, 7) is 2.94. The van der Waals surface area contributed by atoms with Gasteiger partial charge < -0.3 is 10.2 Å². The van der Waals surface area contributed by atoms with Crippen LogP contribution in [0.3, 0.4) is 0 Å². The van der Waals surface area contributed by atoms with Crippen LogP contribution in [0.5, 0.6) is 0 Å². The van der Waals surface area contributed by atoms with E-state index < -0.39 is 0 Å². The molecule has 2 aromatic rings. The molecule has 2 N–H and O–H groups in total. The highest BCUT2D eigenvalue weighted by Crippen LogP contribution is 2.20. The van der Waals surface area contributed by atoms with E-state index >= 15 is 0 Å². The Hall–Kier alpha value is -1.32. The van der Waals surface area contributed by atoms with E-state index in [2.05, 4.69) is 36.2 Å². The summed E-state index contributed by atoms with van der Waals surface area (Å²) in [5.74, 6) is 0.781. The van der Waals surface area contributed by atoms with Gasteiger partial charge in [-0.2, -0.15) is 0 Å². The molecule has 0 bridgehead atoms. The molecule has 0 atom stereocenters. The molecule has 146 valence electrons. The fourth-order valence-corrected chi connectivity index (χ4v) is 3.12. The molecule has 0 aliphatic carbocycles. The van der Waals surface area contributed by atoms with E-state index in [1.165, 1.54) is 63.4 Å². The predicted molar refractivity (Wildman–Crippen MR) is 113 cm³/mol. The second-order valence-electron chi connectivity index (χ2n) is 6.94. The van der Waals surface area contributed by atoms with Gasteiger partial charge in [0.15, 0.2) is 5.89 Å². The Morgan fingerprint density at radius 3 is 2.15 bits per heavy atom. The molecule has 0 saturated carbocycles. The summed E-state index contributed by atoms with van der Waals surface area (Å²) in [5, 5.41) is 0. The van der Waals surface area contributed by atoms with E-state index in [9.17, 15) is 0 Å². The van der Waals surface area contributed by atoms with Gasteiger partial charge in [0.2, 0.25) is 0 Å². The van der Waals surface area contributed by atoms with Gasteiger partial charge in [-0.1, -0.05) is 76.1 Å². The molecule has 0 radical (unpaired) electrons. The molecule has 0 saturated heterocycles. The summed E-state index contributed by atoms with van der Waals surface area (Å²) in [4.78, 5) is 4.54. The van der Waals surface area contributed by atoms with Crippen molar-refractivity contribution in [2.24, 2.45) is 5.73 Å². The van der Waals surface area contributed by atoms with E-state index in [4.69, 9.17) is 10.2 Å². The summed E-state index contributed by atoms with van der Waals surface area (Å²) in [6, 6.07) is 8.77. The molecule has 1 aromatic carbocycles. The third-order valence-electron chi connectivity index (χ3n) is 4.72. The average molecular weight is 379 g/mol. The smallest absolute Gasteiger partial charge is 0.194 e. The minimum atomic E-state index is 0. The van der Waals surface area contributed by atoms with Crippen LogP contribution >= 0.6 is 12.4 Å². The largest absolute Gasteiger partial charge is 0.448 e. The summed E-state index contributed by atoms with van der Waals surface area (Å²) in [6.07, 6.45) is 15.6. The summed E-state index contributed by atoms with van der Waals surface area (Å²) in [5.41, 5.74) is 8.99. The fraction of sp³-hybridized carbons (Fsp3) is 0.591. The predicted octanol–water partition coefficient (Wildman–Crippen LogP) is 6.34. The minimum Gasteiger partial charge on any atom is -0.448 e. The van der Waals surface area contributed by atoms with Gasteiger partial charge in [-0.3, -0.25) is 0 Å². The number of rotatable bonds is 13. The Balaban J connectivity index is 0.00000338. The van der Waals surface area contributed by atoms with Gasteiger partial charge in [-0.25, -0.2) is 4.98 Å². The Bertz CT molecular complexity index is 580. The molecule has 1 heterocycles. The summed E-state index contributed by atoms with van der Waals surface area (Å²) in [7, 11) is 0. The quantitative estimate of drug-likeness (QED) is 0.414. The number of nitrogens with zero attached hydrogens (tertiary/aromatic N) is 1. The molecule has 0 aliphatic heterocycles. The normalized spacial score (nSPS) is 10.7. The fourth-order valence-electron chi connectivity index (χ4n) is 3.12. The number of benzene rings is 1. The maximum absolute atomic E-state index is 5.53. The van der Waals surface area contributed by atoms with Crippen LogP contribution in [-0.4, -0.2) is 11.5 Å². The Kier molecular flexibility index (Phi) is 12.1. The van der Waals surface area contributed by atoms with Crippen molar-refractivity contribution in [3.05, 3.63) is 42.0 Å². The van der Waals surface area contributed by atoms with Crippen molar-refractivity contribution < 1.29 is 4.42 Å². The van der Waals surface area contributed by atoms with Crippen molar-refractivity contribution in [3.8, 4) is 11.3 Å². The lowest BCUT2D eigenvalue weighted by atomic mass is 10.0. The standard InChI is InChI=1S/C22H34N2O.ClH/c1-2-3-4-5-6-7-8-9-11-19-13-15-20(16-14-19)21-18-25-22(24-21)12-10-17-23;/h13-16,18H,2-12,17,23H2,1H3;1H. The van der Waals surface area contributed by atoms with Crippen molar-refractivity contribution in [1.29, 1.82) is 0 Å². The zero-order valence-electron chi connectivity index (χ0n) is 16.2. The van der Waals surface area contributed by atoms with Crippen LogP contribution in [0.15, 0.2) is 34.9 Å². The topological polar surface area (TPSA) is 52.0 Å². The molecule has 0 unspecified atom stereocenters. The van der Waals surface area contributed by atoms with Crippen LogP contribution in [0.4, 0.5) is 0 Å². The zero-order chi connectivity index (χ0) is 17.7. The van der Waals surface area contributed by atoms with Gasteiger partial charge in [0.1, 0.15) is 12.0 Å². The van der Waals surface area contributed by atoms with Crippen molar-refractivity contribution in [2.45, 2.75) is 77.6 Å². The minimum absolute atomic E-state index is 0. The van der Waals surface area contributed by atoms with Gasteiger partial charge in [0.25, 0.3) is 0 Å². The number of unbranched alkanes of at least 4 members (excludes halogenated alkanes) is 7. The third-order valence-corrected chi connectivity index (χ3v) is 4.72. The van der Waals surface area contributed by atoms with Crippen molar-refractivity contribution in [2.75, 3.05) is 6.54 Å². The monoisotopic (exact) mass is 378 g/mol. The second-order valence-corrected chi connectivity index (χ2v) is 6.94. The highest BCUT2D eigenvalue weighted by atomic mass is 35.5. The summed E-state index contributed by atoms with van der Waals surface area (Å²) < 4.78 is 5.51.